The van der Waals surface area contributed by atoms with Gasteiger partial charge in [-0.1, -0.05) is 48.0 Å². The summed E-state index contributed by atoms with van der Waals surface area (Å²) in [5, 5.41) is 8.40. The number of hydrogen-bond acceptors (Lipinski definition) is 5. The smallest absolute Gasteiger partial charge is 0.277 e. The first-order chi connectivity index (χ1) is 13.7. The standard InChI is InChI=1S/C22H23N3O2S/c1-16-9-8-12-18(15-16)20-23-24-22(27-20)28-19(17-10-4-2-5-11-17)21(26)25-13-6-3-7-14-25/h2,4-5,8-12,15,19H,3,6-7,13-14H2,1H3/t19-/m0/s1. The van der Waals surface area contributed by atoms with Crippen molar-refractivity contribution in [3.63, 3.8) is 0 Å². The number of benzene rings is 2. The molecule has 144 valence electrons. The van der Waals surface area contributed by atoms with E-state index < -0.39 is 0 Å². The Bertz CT molecular complexity index is 936. The maximum atomic E-state index is 13.2. The fraction of sp³-hybridized carbons (Fsp3) is 0.318. The molecule has 1 amide bonds. The lowest BCUT2D eigenvalue weighted by molar-refractivity contribution is -0.131. The topological polar surface area (TPSA) is 59.2 Å². The second-order valence-electron chi connectivity index (χ2n) is 7.04. The molecule has 6 heteroatoms. The van der Waals surface area contributed by atoms with Crippen LogP contribution in [0.15, 0.2) is 64.2 Å². The molecular weight excluding hydrogens is 370 g/mol. The summed E-state index contributed by atoms with van der Waals surface area (Å²) < 4.78 is 5.88. The minimum atomic E-state index is -0.384. The predicted octanol–water partition coefficient (Wildman–Crippen LogP) is 4.89. The number of aromatic nitrogens is 2. The van der Waals surface area contributed by atoms with Gasteiger partial charge in [-0.2, -0.15) is 0 Å². The molecule has 5 nitrogen and oxygen atoms in total. The zero-order valence-corrected chi connectivity index (χ0v) is 16.7. The van der Waals surface area contributed by atoms with Crippen LogP contribution in [0.1, 0.15) is 35.6 Å². The zero-order valence-electron chi connectivity index (χ0n) is 15.9. The van der Waals surface area contributed by atoms with Crippen LogP contribution in [0.5, 0.6) is 0 Å². The molecule has 1 atom stereocenters. The number of piperidine rings is 1. The second kappa shape index (κ2) is 8.61. The number of hydrogen-bond donors (Lipinski definition) is 0. The highest BCUT2D eigenvalue weighted by atomic mass is 32.2. The van der Waals surface area contributed by atoms with Crippen molar-refractivity contribution < 1.29 is 9.21 Å². The molecule has 1 fully saturated rings. The summed E-state index contributed by atoms with van der Waals surface area (Å²) in [7, 11) is 0. The van der Waals surface area contributed by atoms with Crippen LogP contribution in [0.4, 0.5) is 0 Å². The van der Waals surface area contributed by atoms with Gasteiger partial charge in [-0.15, -0.1) is 10.2 Å². The maximum absolute atomic E-state index is 13.2. The van der Waals surface area contributed by atoms with Gasteiger partial charge in [0.1, 0.15) is 5.25 Å². The molecule has 4 rings (SSSR count). The first kappa shape index (κ1) is 18.7. The molecule has 0 bridgehead atoms. The van der Waals surface area contributed by atoms with Crippen LogP contribution in [0.25, 0.3) is 11.5 Å². The van der Waals surface area contributed by atoms with E-state index in [2.05, 4.69) is 10.2 Å². The normalized spacial score (nSPS) is 15.4. The molecule has 2 heterocycles. The largest absolute Gasteiger partial charge is 0.411 e. The third-order valence-electron chi connectivity index (χ3n) is 4.88. The van der Waals surface area contributed by atoms with Crippen molar-refractivity contribution >= 4 is 17.7 Å². The Kier molecular flexibility index (Phi) is 5.76. The summed E-state index contributed by atoms with van der Waals surface area (Å²) >= 11 is 1.33. The van der Waals surface area contributed by atoms with Gasteiger partial charge in [0.2, 0.25) is 11.8 Å². The molecule has 28 heavy (non-hydrogen) atoms. The van der Waals surface area contributed by atoms with Gasteiger partial charge >= 0.3 is 0 Å². The van der Waals surface area contributed by atoms with E-state index >= 15 is 0 Å². The highest BCUT2D eigenvalue weighted by Crippen LogP contribution is 2.37. The molecule has 1 aromatic heterocycles. The van der Waals surface area contributed by atoms with Crippen molar-refractivity contribution in [1.29, 1.82) is 0 Å². The average molecular weight is 394 g/mol. The van der Waals surface area contributed by atoms with Crippen molar-refractivity contribution in [2.24, 2.45) is 0 Å². The number of nitrogens with zero attached hydrogens (tertiary/aromatic N) is 3. The van der Waals surface area contributed by atoms with E-state index in [0.29, 0.717) is 11.1 Å². The summed E-state index contributed by atoms with van der Waals surface area (Å²) in [4.78, 5) is 15.2. The lowest BCUT2D eigenvalue weighted by atomic mass is 10.1. The number of rotatable bonds is 5. The minimum absolute atomic E-state index is 0.117. The lowest BCUT2D eigenvalue weighted by Gasteiger charge is -2.29. The monoisotopic (exact) mass is 393 g/mol. The van der Waals surface area contributed by atoms with Crippen LogP contribution in [-0.2, 0) is 4.79 Å². The number of carbonyl (C=O) groups is 1. The number of aryl methyl sites for hydroxylation is 1. The molecule has 0 saturated carbocycles. The van der Waals surface area contributed by atoms with Gasteiger partial charge in [0, 0.05) is 18.7 Å². The molecule has 0 N–H and O–H groups in total. The van der Waals surface area contributed by atoms with Gasteiger partial charge in [0.25, 0.3) is 5.22 Å². The van der Waals surface area contributed by atoms with E-state index in [1.165, 1.54) is 18.2 Å². The number of carbonyl (C=O) groups excluding carboxylic acids is 1. The molecule has 0 spiro atoms. The Morgan fingerprint density at radius 2 is 1.82 bits per heavy atom. The third kappa shape index (κ3) is 4.28. The van der Waals surface area contributed by atoms with Crippen molar-refractivity contribution in [3.8, 4) is 11.5 Å². The van der Waals surface area contributed by atoms with Gasteiger partial charge < -0.3 is 9.32 Å². The zero-order chi connectivity index (χ0) is 19.3. The first-order valence-corrected chi connectivity index (χ1v) is 10.5. The van der Waals surface area contributed by atoms with Crippen molar-refractivity contribution in [1.82, 2.24) is 15.1 Å². The Morgan fingerprint density at radius 1 is 1.04 bits per heavy atom. The SMILES string of the molecule is Cc1cccc(-c2nnc(S[C@H](C(=O)N3CCCCC3)c3ccccc3)o2)c1. The van der Waals surface area contributed by atoms with Crippen LogP contribution < -0.4 is 0 Å². The molecule has 0 unspecified atom stereocenters. The Morgan fingerprint density at radius 3 is 2.57 bits per heavy atom. The second-order valence-corrected chi connectivity index (χ2v) is 8.09. The summed E-state index contributed by atoms with van der Waals surface area (Å²) in [6.07, 6.45) is 3.32. The fourth-order valence-corrected chi connectivity index (χ4v) is 4.38. The predicted molar refractivity (Wildman–Crippen MR) is 110 cm³/mol. The molecule has 1 aliphatic heterocycles. The van der Waals surface area contributed by atoms with E-state index in [-0.39, 0.29) is 11.2 Å². The Balaban J connectivity index is 1.58. The summed E-state index contributed by atoms with van der Waals surface area (Å²) in [6.45, 7) is 3.67. The van der Waals surface area contributed by atoms with E-state index in [4.69, 9.17) is 4.42 Å². The van der Waals surface area contributed by atoms with E-state index in [1.807, 2.05) is 66.4 Å². The molecule has 1 aliphatic rings. The quantitative estimate of drug-likeness (QED) is 0.578. The molecule has 0 aliphatic carbocycles. The van der Waals surface area contributed by atoms with Crippen LogP contribution in [0.2, 0.25) is 0 Å². The van der Waals surface area contributed by atoms with Crippen molar-refractivity contribution in [3.05, 3.63) is 65.7 Å². The van der Waals surface area contributed by atoms with Gasteiger partial charge in [-0.05, 0) is 55.6 Å². The van der Waals surface area contributed by atoms with Crippen LogP contribution in [0, 0.1) is 6.92 Å². The molecule has 2 aromatic carbocycles. The highest BCUT2D eigenvalue weighted by molar-refractivity contribution is 8.00. The number of likely N-dealkylation sites (tertiary alicyclic amines) is 1. The maximum Gasteiger partial charge on any atom is 0.277 e. The van der Waals surface area contributed by atoms with Gasteiger partial charge in [0.05, 0.1) is 0 Å². The Hall–Kier alpha value is -2.60. The molecule has 0 radical (unpaired) electrons. The highest BCUT2D eigenvalue weighted by Gasteiger charge is 2.29. The fourth-order valence-electron chi connectivity index (χ4n) is 3.42. The molecule has 3 aromatic rings. The molecular formula is C22H23N3O2S. The summed E-state index contributed by atoms with van der Waals surface area (Å²) in [5.41, 5.74) is 2.98. The minimum Gasteiger partial charge on any atom is -0.411 e. The molecule has 1 saturated heterocycles. The Labute approximate surface area is 169 Å². The number of amides is 1. The van der Waals surface area contributed by atoms with Crippen LogP contribution >= 0.6 is 11.8 Å². The van der Waals surface area contributed by atoms with Gasteiger partial charge in [0.15, 0.2) is 0 Å². The van der Waals surface area contributed by atoms with Crippen molar-refractivity contribution in [2.45, 2.75) is 36.7 Å². The van der Waals surface area contributed by atoms with E-state index in [1.54, 1.807) is 0 Å². The van der Waals surface area contributed by atoms with Gasteiger partial charge in [-0.25, -0.2) is 0 Å². The average Bonchev–Trinajstić information content (AvgIpc) is 3.22. The summed E-state index contributed by atoms with van der Waals surface area (Å²) in [5.74, 6) is 0.592. The van der Waals surface area contributed by atoms with E-state index in [0.717, 1.165) is 42.6 Å². The first-order valence-electron chi connectivity index (χ1n) is 9.61. The summed E-state index contributed by atoms with van der Waals surface area (Å²) in [6, 6.07) is 17.8. The van der Waals surface area contributed by atoms with Crippen LogP contribution in [0.3, 0.4) is 0 Å². The number of thioether (sulfide) groups is 1. The van der Waals surface area contributed by atoms with Gasteiger partial charge in [-0.3, -0.25) is 4.79 Å². The van der Waals surface area contributed by atoms with Crippen molar-refractivity contribution in [2.75, 3.05) is 13.1 Å². The van der Waals surface area contributed by atoms with Crippen LogP contribution in [-0.4, -0.2) is 34.1 Å². The third-order valence-corrected chi connectivity index (χ3v) is 5.96. The lowest BCUT2D eigenvalue weighted by Crippen LogP contribution is -2.38. The van der Waals surface area contributed by atoms with E-state index in [9.17, 15) is 4.79 Å².